The standard InChI is InChI=1S/C50H40N2O2.C37H51N.C20H19N/c1-37-19-21-38(22-20-37)41-27-33-48(34-28-41)54-50-18-10-16-47(36-50)52(43-13-7-4-8-14-43)45-31-25-40(26-32-45)39-23-29-44(30-24-39)51(42-11-5-3-6-12-42)46-15-9-17-49(35-46)53-2;1-5-7-9-11-13-18-26-37(27-19-14-12-10-8-6-2)35-28-30(3)22-24-33(35)34-25-23-32(29-36(34)37)38(4)31-20-16-15-17-21-31;1-16-8-12-19(13-9-16)21(18-6-4-3-5-7-18)20-14-10-17(2)11-15-20/h3-36H,1-2H3;15-17,20-25,28-29H,5-14,18-19,26-27H2,1-4H3;3-15H,1-2H3. The van der Waals surface area contributed by atoms with Crippen LogP contribution >= 0.6 is 0 Å². The number of hydrogen-bond acceptors (Lipinski definition) is 6. The Labute approximate surface area is 674 Å². The molecular formula is C107H110N4O2. The van der Waals surface area contributed by atoms with E-state index >= 15 is 0 Å². The lowest BCUT2D eigenvalue weighted by molar-refractivity contribution is 0.397. The normalized spacial score (nSPS) is 11.6. The molecule has 113 heavy (non-hydrogen) atoms. The first-order valence-electron chi connectivity index (χ1n) is 41.0. The molecule has 15 rings (SSSR count). The quantitative estimate of drug-likeness (QED) is 0.0417. The third kappa shape index (κ3) is 20.2. The first-order chi connectivity index (χ1) is 55.4. The van der Waals surface area contributed by atoms with Crippen LogP contribution in [0.3, 0.4) is 0 Å². The van der Waals surface area contributed by atoms with Gasteiger partial charge in [0, 0.05) is 87.2 Å². The van der Waals surface area contributed by atoms with Crippen molar-refractivity contribution in [2.24, 2.45) is 0 Å². The summed E-state index contributed by atoms with van der Waals surface area (Å²) in [5, 5.41) is 0. The molecule has 570 valence electrons. The van der Waals surface area contributed by atoms with Gasteiger partial charge in [0.1, 0.15) is 17.2 Å². The summed E-state index contributed by atoms with van der Waals surface area (Å²) in [4.78, 5) is 9.13. The van der Waals surface area contributed by atoms with E-state index in [9.17, 15) is 0 Å². The third-order valence-electron chi connectivity index (χ3n) is 22.0. The number of ether oxygens (including phenoxy) is 2. The maximum Gasteiger partial charge on any atom is 0.129 e. The van der Waals surface area contributed by atoms with Crippen molar-refractivity contribution in [3.63, 3.8) is 0 Å². The van der Waals surface area contributed by atoms with Gasteiger partial charge in [-0.25, -0.2) is 0 Å². The van der Waals surface area contributed by atoms with E-state index in [0.29, 0.717) is 0 Å². The fourth-order valence-electron chi connectivity index (χ4n) is 15.8. The van der Waals surface area contributed by atoms with Gasteiger partial charge in [-0.2, -0.15) is 0 Å². The number of para-hydroxylation sites is 4. The second kappa shape index (κ2) is 39.2. The van der Waals surface area contributed by atoms with Crippen molar-refractivity contribution in [1.82, 2.24) is 0 Å². The van der Waals surface area contributed by atoms with Gasteiger partial charge in [-0.3, -0.25) is 0 Å². The van der Waals surface area contributed by atoms with Crippen molar-refractivity contribution in [1.29, 1.82) is 0 Å². The predicted octanol–water partition coefficient (Wildman–Crippen LogP) is 31.4. The first kappa shape index (κ1) is 79.0. The lowest BCUT2D eigenvalue weighted by Crippen LogP contribution is -2.26. The molecule has 0 aliphatic heterocycles. The minimum Gasteiger partial charge on any atom is -0.497 e. The van der Waals surface area contributed by atoms with Gasteiger partial charge in [0.15, 0.2) is 0 Å². The van der Waals surface area contributed by atoms with Crippen molar-refractivity contribution < 1.29 is 9.47 Å². The molecule has 6 heteroatoms. The van der Waals surface area contributed by atoms with Gasteiger partial charge in [0.25, 0.3) is 0 Å². The molecule has 14 aromatic rings. The zero-order chi connectivity index (χ0) is 78.1. The van der Waals surface area contributed by atoms with Gasteiger partial charge in [-0.1, -0.05) is 307 Å². The molecule has 0 heterocycles. The Kier molecular flexibility index (Phi) is 27.4. The molecule has 0 unspecified atom stereocenters. The molecule has 0 saturated heterocycles. The smallest absolute Gasteiger partial charge is 0.129 e. The zero-order valence-electron chi connectivity index (χ0n) is 67.5. The van der Waals surface area contributed by atoms with Gasteiger partial charge in [-0.15, -0.1) is 0 Å². The minimum absolute atomic E-state index is 0.139. The number of hydrogen-bond donors (Lipinski definition) is 0. The highest BCUT2D eigenvalue weighted by molar-refractivity contribution is 5.85. The van der Waals surface area contributed by atoms with Gasteiger partial charge < -0.3 is 29.1 Å². The number of rotatable bonds is 30. The van der Waals surface area contributed by atoms with Crippen molar-refractivity contribution in [2.45, 2.75) is 137 Å². The van der Waals surface area contributed by atoms with E-state index in [2.05, 4.69) is 365 Å². The summed E-state index contributed by atoms with van der Waals surface area (Å²) in [7, 11) is 3.91. The maximum absolute atomic E-state index is 6.39. The Bertz CT molecular complexity index is 5160. The highest BCUT2D eigenvalue weighted by Gasteiger charge is 2.43. The summed E-state index contributed by atoms with van der Waals surface area (Å²) in [5.41, 5.74) is 28.5. The third-order valence-corrected chi connectivity index (χ3v) is 22.0. The molecule has 0 radical (unpaired) electrons. The van der Waals surface area contributed by atoms with E-state index in [0.717, 1.165) is 68.1 Å². The van der Waals surface area contributed by atoms with E-state index in [4.69, 9.17) is 9.47 Å². The number of unbranched alkanes of at least 4 members (excludes halogenated alkanes) is 10. The van der Waals surface area contributed by atoms with Crippen LogP contribution in [0.5, 0.6) is 17.2 Å². The first-order valence-corrected chi connectivity index (χ1v) is 41.0. The van der Waals surface area contributed by atoms with Gasteiger partial charge in [-0.05, 0) is 231 Å². The molecule has 14 aromatic carbocycles. The monoisotopic (exact) mass is 1480 g/mol. The van der Waals surface area contributed by atoms with E-state index in [-0.39, 0.29) is 5.41 Å². The van der Waals surface area contributed by atoms with Gasteiger partial charge in [0.05, 0.1) is 7.11 Å². The summed E-state index contributed by atoms with van der Waals surface area (Å²) in [6.45, 7) is 13.2. The number of benzene rings is 14. The topological polar surface area (TPSA) is 31.4 Å². The van der Waals surface area contributed by atoms with Crippen LogP contribution < -0.4 is 29.1 Å². The molecule has 0 amide bonds. The molecule has 6 nitrogen and oxygen atoms in total. The Morgan fingerprint density at radius 1 is 0.248 bits per heavy atom. The SMILES string of the molecule is CCCCCCCCC1(CCCCCCCC)c2cc(C)ccc2-c2ccc(N(C)c3ccccc3)cc21.COc1cccc(N(c2ccccc2)c2ccc(-c3ccc(N(c4ccccc4)c4cccc(Oc5ccc(-c6ccc(C)cc6)cc5)c4)cc3)cc2)c1.Cc1ccc(N(c2ccccc2)c2ccc(C)cc2)cc1. The number of methoxy groups -OCH3 is 1. The molecule has 1 aliphatic carbocycles. The molecule has 1 aliphatic rings. The van der Waals surface area contributed by atoms with Gasteiger partial charge in [0.2, 0.25) is 0 Å². The molecule has 0 spiro atoms. The number of nitrogens with zero attached hydrogens (tertiary/aromatic N) is 4. The second-order valence-corrected chi connectivity index (χ2v) is 30.3. The van der Waals surface area contributed by atoms with Crippen molar-refractivity contribution in [2.75, 3.05) is 33.8 Å². The summed E-state index contributed by atoms with van der Waals surface area (Å²) in [5.74, 6) is 2.38. The van der Waals surface area contributed by atoms with Crippen LogP contribution in [0.25, 0.3) is 33.4 Å². The van der Waals surface area contributed by atoms with Crippen LogP contribution in [0.4, 0.5) is 62.6 Å². The summed E-state index contributed by atoms with van der Waals surface area (Å²) >= 11 is 0. The maximum atomic E-state index is 6.39. The fourth-order valence-corrected chi connectivity index (χ4v) is 15.8. The van der Waals surface area contributed by atoms with Crippen LogP contribution in [0.1, 0.15) is 137 Å². The average Bonchev–Trinajstić information content (AvgIpc) is 1.56. The molecular weight excluding hydrogens is 1370 g/mol. The Morgan fingerprint density at radius 3 is 0.991 bits per heavy atom. The summed E-state index contributed by atoms with van der Waals surface area (Å²) < 4.78 is 11.9. The summed E-state index contributed by atoms with van der Waals surface area (Å²) in [6, 6.07) is 125. The Balaban J connectivity index is 0.000000163. The van der Waals surface area contributed by atoms with E-state index < -0.39 is 0 Å². The minimum atomic E-state index is 0.139. The number of fused-ring (bicyclic) bond motifs is 3. The van der Waals surface area contributed by atoms with Crippen LogP contribution in [-0.4, -0.2) is 14.2 Å². The molecule has 0 fully saturated rings. The van der Waals surface area contributed by atoms with Crippen molar-refractivity contribution in [3.05, 3.63) is 385 Å². The van der Waals surface area contributed by atoms with Crippen LogP contribution in [0, 0.1) is 27.7 Å². The van der Waals surface area contributed by atoms with E-state index in [1.165, 1.54) is 157 Å². The van der Waals surface area contributed by atoms with E-state index in [1.54, 1.807) is 18.2 Å². The molecule has 0 saturated carbocycles. The van der Waals surface area contributed by atoms with Gasteiger partial charge >= 0.3 is 0 Å². The van der Waals surface area contributed by atoms with Crippen molar-refractivity contribution >= 4 is 62.6 Å². The van der Waals surface area contributed by atoms with Crippen LogP contribution in [0.2, 0.25) is 0 Å². The van der Waals surface area contributed by atoms with Crippen LogP contribution in [0.15, 0.2) is 352 Å². The van der Waals surface area contributed by atoms with E-state index in [1.807, 2.05) is 54.6 Å². The molecule has 0 atom stereocenters. The molecule has 0 aromatic heterocycles. The second-order valence-electron chi connectivity index (χ2n) is 30.3. The zero-order valence-corrected chi connectivity index (χ0v) is 67.5. The Hall–Kier alpha value is -12.1. The predicted molar refractivity (Wildman–Crippen MR) is 483 cm³/mol. The molecule has 0 bridgehead atoms. The highest BCUT2D eigenvalue weighted by Crippen LogP contribution is 2.56. The van der Waals surface area contributed by atoms with Crippen LogP contribution in [-0.2, 0) is 5.41 Å². The summed E-state index contributed by atoms with van der Waals surface area (Å²) in [6.07, 6.45) is 18.8. The fraction of sp³-hybridized carbons (Fsp3) is 0.215. The highest BCUT2D eigenvalue weighted by atomic mass is 16.5. The average molecular weight is 1480 g/mol. The largest absolute Gasteiger partial charge is 0.497 e. The number of anilines is 11. The molecule has 0 N–H and O–H groups in total. The lowest BCUT2D eigenvalue weighted by atomic mass is 9.70. The number of aryl methyl sites for hydroxylation is 4. The lowest BCUT2D eigenvalue weighted by Gasteiger charge is -2.34. The Morgan fingerprint density at radius 2 is 0.558 bits per heavy atom. The van der Waals surface area contributed by atoms with Crippen molar-refractivity contribution in [3.8, 4) is 50.6 Å².